The molecule has 0 aliphatic carbocycles. The number of amides is 1. The van der Waals surface area contributed by atoms with Gasteiger partial charge in [-0.3, -0.25) is 9.78 Å². The molecule has 3 heterocycles. The van der Waals surface area contributed by atoms with Gasteiger partial charge in [0, 0.05) is 24.5 Å². The lowest BCUT2D eigenvalue weighted by Gasteiger charge is -2.17. The summed E-state index contributed by atoms with van der Waals surface area (Å²) >= 11 is 1.63. The monoisotopic (exact) mass is 338 g/mol. The first-order valence-electron chi connectivity index (χ1n) is 8.09. The van der Waals surface area contributed by atoms with Crippen LogP contribution >= 0.6 is 11.3 Å². The number of ether oxygens (including phenoxy) is 1. The molecule has 5 heteroatoms. The highest BCUT2D eigenvalue weighted by molar-refractivity contribution is 7.08. The molecule has 122 valence electrons. The number of rotatable bonds is 4. The molecule has 4 rings (SSSR count). The number of para-hydroxylation sites is 1. The Labute approximate surface area is 144 Å². The molecule has 24 heavy (non-hydrogen) atoms. The topological polar surface area (TPSA) is 42.4 Å². The fourth-order valence-electron chi connectivity index (χ4n) is 3.08. The van der Waals surface area contributed by atoms with Gasteiger partial charge in [0.15, 0.2) is 0 Å². The average Bonchev–Trinajstić information content (AvgIpc) is 3.27. The Morgan fingerprint density at radius 3 is 3.08 bits per heavy atom. The lowest BCUT2D eigenvalue weighted by Crippen LogP contribution is -2.32. The molecule has 1 aliphatic rings. The van der Waals surface area contributed by atoms with Crippen LogP contribution in [0.1, 0.15) is 12.0 Å². The van der Waals surface area contributed by atoms with Crippen molar-refractivity contribution in [1.29, 1.82) is 0 Å². The normalized spacial score (nSPS) is 17.3. The molecule has 4 nitrogen and oxygen atoms in total. The minimum Gasteiger partial charge on any atom is -0.486 e. The summed E-state index contributed by atoms with van der Waals surface area (Å²) in [5.74, 6) is 0.973. The van der Waals surface area contributed by atoms with Gasteiger partial charge in [-0.15, -0.1) is 0 Å². The predicted molar refractivity (Wildman–Crippen MR) is 95.4 cm³/mol. The highest BCUT2D eigenvalue weighted by atomic mass is 32.1. The first-order chi connectivity index (χ1) is 11.8. The van der Waals surface area contributed by atoms with Crippen molar-refractivity contribution in [3.63, 3.8) is 0 Å². The van der Waals surface area contributed by atoms with Gasteiger partial charge in [0.1, 0.15) is 17.4 Å². The van der Waals surface area contributed by atoms with E-state index in [9.17, 15) is 4.79 Å². The SMILES string of the molecule is O=C(Cc1ccsc1)N1CCC(Oc2cccc3cccnc23)C1. The molecule has 1 atom stereocenters. The zero-order valence-electron chi connectivity index (χ0n) is 13.2. The molecule has 1 aromatic carbocycles. The number of carbonyl (C=O) groups is 1. The zero-order valence-corrected chi connectivity index (χ0v) is 14.0. The molecule has 0 radical (unpaired) electrons. The number of hydrogen-bond acceptors (Lipinski definition) is 4. The second-order valence-electron chi connectivity index (χ2n) is 6.01. The van der Waals surface area contributed by atoms with E-state index in [4.69, 9.17) is 4.74 Å². The number of hydrogen-bond donors (Lipinski definition) is 0. The molecule has 0 bridgehead atoms. The van der Waals surface area contributed by atoms with Gasteiger partial charge in [-0.2, -0.15) is 11.3 Å². The number of fused-ring (bicyclic) bond motifs is 1. The van der Waals surface area contributed by atoms with E-state index in [1.165, 1.54) is 0 Å². The summed E-state index contributed by atoms with van der Waals surface area (Å²) in [6, 6.07) is 11.9. The number of aromatic nitrogens is 1. The van der Waals surface area contributed by atoms with E-state index in [1.54, 1.807) is 17.5 Å². The van der Waals surface area contributed by atoms with E-state index in [0.717, 1.165) is 35.2 Å². The first-order valence-corrected chi connectivity index (χ1v) is 9.03. The molecular formula is C19H18N2O2S. The van der Waals surface area contributed by atoms with E-state index < -0.39 is 0 Å². The van der Waals surface area contributed by atoms with Crippen LogP contribution in [0, 0.1) is 0 Å². The number of nitrogens with zero attached hydrogens (tertiary/aromatic N) is 2. The van der Waals surface area contributed by atoms with Crippen LogP contribution in [-0.2, 0) is 11.2 Å². The second kappa shape index (κ2) is 6.61. The quantitative estimate of drug-likeness (QED) is 0.731. The number of pyridine rings is 1. The van der Waals surface area contributed by atoms with Crippen LogP contribution in [-0.4, -0.2) is 35.0 Å². The summed E-state index contributed by atoms with van der Waals surface area (Å²) in [4.78, 5) is 18.7. The van der Waals surface area contributed by atoms with Crippen molar-refractivity contribution >= 4 is 28.1 Å². The third kappa shape index (κ3) is 3.12. The molecule has 1 amide bonds. The standard InChI is InChI=1S/C19H18N2O2S/c22-18(11-14-7-10-24-13-14)21-9-6-16(12-21)23-17-5-1-3-15-4-2-8-20-19(15)17/h1-5,7-8,10,13,16H,6,9,11-12H2. The Morgan fingerprint density at radius 2 is 2.21 bits per heavy atom. The summed E-state index contributed by atoms with van der Waals surface area (Å²) in [6.07, 6.45) is 3.15. The maximum atomic E-state index is 12.4. The molecule has 1 aliphatic heterocycles. The Balaban J connectivity index is 1.42. The highest BCUT2D eigenvalue weighted by Crippen LogP contribution is 2.26. The van der Waals surface area contributed by atoms with Gasteiger partial charge in [-0.05, 0) is 34.5 Å². The fourth-order valence-corrected chi connectivity index (χ4v) is 3.75. The lowest BCUT2D eigenvalue weighted by molar-refractivity contribution is -0.129. The van der Waals surface area contributed by atoms with Crippen LogP contribution in [0.5, 0.6) is 5.75 Å². The molecule has 2 aromatic heterocycles. The van der Waals surface area contributed by atoms with Gasteiger partial charge in [0.25, 0.3) is 0 Å². The third-order valence-corrected chi connectivity index (χ3v) is 5.05. The lowest BCUT2D eigenvalue weighted by atomic mass is 10.2. The van der Waals surface area contributed by atoms with Crippen molar-refractivity contribution in [3.05, 3.63) is 58.9 Å². The zero-order chi connectivity index (χ0) is 16.4. The maximum Gasteiger partial charge on any atom is 0.227 e. The van der Waals surface area contributed by atoms with E-state index >= 15 is 0 Å². The van der Waals surface area contributed by atoms with Crippen molar-refractivity contribution in [1.82, 2.24) is 9.88 Å². The molecule has 0 N–H and O–H groups in total. The Hall–Kier alpha value is -2.40. The molecule has 3 aromatic rings. The smallest absolute Gasteiger partial charge is 0.227 e. The molecule has 0 spiro atoms. The summed E-state index contributed by atoms with van der Waals surface area (Å²) in [5, 5.41) is 5.11. The highest BCUT2D eigenvalue weighted by Gasteiger charge is 2.28. The van der Waals surface area contributed by atoms with Crippen LogP contribution < -0.4 is 4.74 Å². The Bertz CT molecular complexity index is 842. The Kier molecular flexibility index (Phi) is 4.17. The third-order valence-electron chi connectivity index (χ3n) is 4.32. The average molecular weight is 338 g/mol. The summed E-state index contributed by atoms with van der Waals surface area (Å²) < 4.78 is 6.15. The van der Waals surface area contributed by atoms with E-state index in [-0.39, 0.29) is 12.0 Å². The number of carbonyl (C=O) groups excluding carboxylic acids is 1. The van der Waals surface area contributed by atoms with Gasteiger partial charge in [-0.25, -0.2) is 0 Å². The predicted octanol–water partition coefficient (Wildman–Crippen LogP) is 3.52. The van der Waals surface area contributed by atoms with E-state index in [2.05, 4.69) is 4.98 Å². The van der Waals surface area contributed by atoms with Crippen molar-refractivity contribution < 1.29 is 9.53 Å². The number of likely N-dealkylation sites (tertiary alicyclic amines) is 1. The van der Waals surface area contributed by atoms with Gasteiger partial charge in [-0.1, -0.05) is 18.2 Å². The van der Waals surface area contributed by atoms with Crippen LogP contribution in [0.2, 0.25) is 0 Å². The molecule has 0 saturated carbocycles. The van der Waals surface area contributed by atoms with Crippen molar-refractivity contribution in [2.75, 3.05) is 13.1 Å². The van der Waals surface area contributed by atoms with Crippen LogP contribution in [0.4, 0.5) is 0 Å². The van der Waals surface area contributed by atoms with Crippen molar-refractivity contribution in [2.24, 2.45) is 0 Å². The van der Waals surface area contributed by atoms with Gasteiger partial charge in [0.05, 0.1) is 13.0 Å². The van der Waals surface area contributed by atoms with Gasteiger partial charge in [0.2, 0.25) is 5.91 Å². The largest absolute Gasteiger partial charge is 0.486 e. The molecule has 1 unspecified atom stereocenters. The van der Waals surface area contributed by atoms with E-state index in [0.29, 0.717) is 13.0 Å². The van der Waals surface area contributed by atoms with Crippen LogP contribution in [0.25, 0.3) is 10.9 Å². The van der Waals surface area contributed by atoms with Crippen molar-refractivity contribution in [2.45, 2.75) is 18.9 Å². The van der Waals surface area contributed by atoms with E-state index in [1.807, 2.05) is 52.1 Å². The maximum absolute atomic E-state index is 12.4. The minimum atomic E-state index is 0.0315. The number of benzene rings is 1. The summed E-state index contributed by atoms with van der Waals surface area (Å²) in [6.45, 7) is 1.40. The molecule has 1 fully saturated rings. The molecular weight excluding hydrogens is 320 g/mol. The molecule has 1 saturated heterocycles. The van der Waals surface area contributed by atoms with Gasteiger partial charge >= 0.3 is 0 Å². The fraction of sp³-hybridized carbons (Fsp3) is 0.263. The summed E-state index contributed by atoms with van der Waals surface area (Å²) in [7, 11) is 0. The summed E-state index contributed by atoms with van der Waals surface area (Å²) in [5.41, 5.74) is 1.97. The number of thiophene rings is 1. The first kappa shape index (κ1) is 15.1. The van der Waals surface area contributed by atoms with Crippen LogP contribution in [0.15, 0.2) is 53.4 Å². The second-order valence-corrected chi connectivity index (χ2v) is 6.79. The van der Waals surface area contributed by atoms with Gasteiger partial charge < -0.3 is 9.64 Å². The minimum absolute atomic E-state index is 0.0315. The van der Waals surface area contributed by atoms with Crippen molar-refractivity contribution in [3.8, 4) is 5.75 Å². The van der Waals surface area contributed by atoms with Crippen LogP contribution in [0.3, 0.4) is 0 Å². The Morgan fingerprint density at radius 1 is 1.29 bits per heavy atom.